The predicted molar refractivity (Wildman–Crippen MR) is 92.0 cm³/mol. The molecule has 2 fully saturated rings. The molecule has 140 valence electrons. The van der Waals surface area contributed by atoms with Gasteiger partial charge in [0.15, 0.2) is 0 Å². The van der Waals surface area contributed by atoms with Gasteiger partial charge in [0.2, 0.25) is 5.91 Å². The average molecular weight is 363 g/mol. The van der Waals surface area contributed by atoms with Crippen LogP contribution in [0.25, 0.3) is 11.1 Å². The van der Waals surface area contributed by atoms with E-state index in [9.17, 15) is 13.6 Å². The molecule has 1 aliphatic heterocycles. The van der Waals surface area contributed by atoms with E-state index in [0.717, 1.165) is 45.1 Å². The summed E-state index contributed by atoms with van der Waals surface area (Å²) >= 11 is 0. The van der Waals surface area contributed by atoms with Gasteiger partial charge in [-0.25, -0.2) is 13.8 Å². The van der Waals surface area contributed by atoms with Gasteiger partial charge in [-0.1, -0.05) is 18.0 Å². The van der Waals surface area contributed by atoms with Crippen molar-refractivity contribution in [1.82, 2.24) is 15.0 Å². The summed E-state index contributed by atoms with van der Waals surface area (Å²) in [6, 6.07) is 1.48. The van der Waals surface area contributed by atoms with Gasteiger partial charge in [0.1, 0.15) is 0 Å². The molecule has 0 spiro atoms. The van der Waals surface area contributed by atoms with Crippen molar-refractivity contribution >= 4 is 17.0 Å². The number of nitrogens with zero attached hydrogens (tertiary/aromatic N) is 3. The van der Waals surface area contributed by atoms with E-state index < -0.39 is 6.43 Å². The molecule has 0 radical (unpaired) electrons. The Labute approximate surface area is 150 Å². The number of rotatable bonds is 3. The quantitative estimate of drug-likeness (QED) is 0.813. The number of pyridine rings is 1. The van der Waals surface area contributed by atoms with Gasteiger partial charge in [-0.2, -0.15) is 0 Å². The van der Waals surface area contributed by atoms with Gasteiger partial charge in [0.05, 0.1) is 11.1 Å². The summed E-state index contributed by atoms with van der Waals surface area (Å²) in [6.07, 6.45) is 3.26. The van der Waals surface area contributed by atoms with Crippen molar-refractivity contribution < 1.29 is 18.1 Å². The molecule has 4 rings (SSSR count). The molecule has 1 saturated carbocycles. The molecular formula is C19H23F2N3O2. The minimum Gasteiger partial charge on any atom is -0.342 e. The molecule has 2 aliphatic rings. The number of piperidine rings is 1. The third-order valence-corrected chi connectivity index (χ3v) is 5.76. The van der Waals surface area contributed by atoms with Crippen molar-refractivity contribution in [3.63, 3.8) is 0 Å². The van der Waals surface area contributed by atoms with Crippen LogP contribution in [0.5, 0.6) is 0 Å². The van der Waals surface area contributed by atoms with Crippen LogP contribution in [-0.2, 0) is 4.79 Å². The second-order valence-electron chi connectivity index (χ2n) is 7.49. The summed E-state index contributed by atoms with van der Waals surface area (Å²) in [5.74, 6) is 0.317. The molecule has 5 nitrogen and oxygen atoms in total. The van der Waals surface area contributed by atoms with Crippen molar-refractivity contribution in [2.45, 2.75) is 57.8 Å². The molecule has 1 aliphatic carbocycles. The van der Waals surface area contributed by atoms with E-state index in [4.69, 9.17) is 4.52 Å². The van der Waals surface area contributed by atoms with E-state index in [1.54, 1.807) is 6.92 Å². The lowest BCUT2D eigenvalue weighted by Crippen LogP contribution is -2.42. The fraction of sp³-hybridized carbons (Fsp3) is 0.632. The van der Waals surface area contributed by atoms with Crippen LogP contribution in [0.1, 0.15) is 67.8 Å². The second kappa shape index (κ2) is 6.93. The van der Waals surface area contributed by atoms with Gasteiger partial charge in [-0.15, -0.1) is 0 Å². The van der Waals surface area contributed by atoms with Crippen LogP contribution in [0.3, 0.4) is 0 Å². The number of carbonyl (C=O) groups excluding carboxylic acids is 1. The third-order valence-electron chi connectivity index (χ3n) is 5.76. The minimum atomic E-state index is -2.61. The largest absolute Gasteiger partial charge is 0.342 e. The molecule has 0 N–H and O–H groups in total. The number of aryl methyl sites for hydroxylation is 1. The molecule has 1 atom stereocenters. The Balaban J connectivity index is 1.61. The summed E-state index contributed by atoms with van der Waals surface area (Å²) in [4.78, 5) is 19.1. The second-order valence-corrected chi connectivity index (χ2v) is 7.49. The van der Waals surface area contributed by atoms with E-state index >= 15 is 0 Å². The van der Waals surface area contributed by atoms with Crippen LogP contribution in [0.4, 0.5) is 8.78 Å². The highest BCUT2D eigenvalue weighted by molar-refractivity contribution is 5.81. The van der Waals surface area contributed by atoms with Crippen molar-refractivity contribution in [2.24, 2.45) is 5.92 Å². The van der Waals surface area contributed by atoms with Gasteiger partial charge in [-0.05, 0) is 38.7 Å². The highest BCUT2D eigenvalue weighted by Gasteiger charge is 2.32. The molecular weight excluding hydrogens is 340 g/mol. The Morgan fingerprint density at radius 3 is 2.77 bits per heavy atom. The van der Waals surface area contributed by atoms with E-state index in [0.29, 0.717) is 23.3 Å². The molecule has 0 bridgehead atoms. The summed E-state index contributed by atoms with van der Waals surface area (Å²) < 4.78 is 32.3. The normalized spacial score (nSPS) is 21.8. The fourth-order valence-corrected chi connectivity index (χ4v) is 4.38. The van der Waals surface area contributed by atoms with Crippen LogP contribution in [0, 0.1) is 12.8 Å². The van der Waals surface area contributed by atoms with E-state index in [1.165, 1.54) is 6.07 Å². The van der Waals surface area contributed by atoms with Crippen molar-refractivity contribution in [3.05, 3.63) is 23.0 Å². The maximum atomic E-state index is 13.5. The van der Waals surface area contributed by atoms with Gasteiger partial charge in [0, 0.05) is 36.2 Å². The first-order chi connectivity index (χ1) is 12.5. The molecule has 2 aromatic heterocycles. The maximum Gasteiger partial charge on any atom is 0.264 e. The highest BCUT2D eigenvalue weighted by atomic mass is 19.3. The lowest BCUT2D eigenvalue weighted by molar-refractivity contribution is -0.136. The molecule has 26 heavy (non-hydrogen) atoms. The Morgan fingerprint density at radius 1 is 1.27 bits per heavy atom. The third kappa shape index (κ3) is 3.08. The van der Waals surface area contributed by atoms with Crippen LogP contribution < -0.4 is 0 Å². The van der Waals surface area contributed by atoms with Gasteiger partial charge < -0.3 is 9.42 Å². The Bertz CT molecular complexity index is 814. The number of aromatic nitrogens is 2. The zero-order chi connectivity index (χ0) is 18.3. The number of likely N-dealkylation sites (tertiary alicyclic amines) is 1. The van der Waals surface area contributed by atoms with E-state index in [2.05, 4.69) is 10.1 Å². The number of hydrogen-bond donors (Lipinski definition) is 0. The summed E-state index contributed by atoms with van der Waals surface area (Å²) in [5, 5.41) is 4.09. The van der Waals surface area contributed by atoms with Crippen molar-refractivity contribution in [1.29, 1.82) is 0 Å². The zero-order valence-electron chi connectivity index (χ0n) is 14.9. The van der Waals surface area contributed by atoms with Crippen LogP contribution in [-0.4, -0.2) is 34.0 Å². The topological polar surface area (TPSA) is 59.2 Å². The van der Waals surface area contributed by atoms with Gasteiger partial charge >= 0.3 is 0 Å². The molecule has 1 amide bonds. The van der Waals surface area contributed by atoms with Crippen LogP contribution in [0.15, 0.2) is 10.6 Å². The molecule has 3 heterocycles. The highest BCUT2D eigenvalue weighted by Crippen LogP contribution is 2.35. The van der Waals surface area contributed by atoms with Gasteiger partial charge in [0.25, 0.3) is 12.1 Å². The molecule has 0 aromatic carbocycles. The van der Waals surface area contributed by atoms with E-state index in [1.807, 2.05) is 4.90 Å². The smallest absolute Gasteiger partial charge is 0.264 e. The first-order valence-electron chi connectivity index (χ1n) is 9.38. The lowest BCUT2D eigenvalue weighted by atomic mass is 9.92. The Kier molecular flexibility index (Phi) is 4.63. The van der Waals surface area contributed by atoms with Crippen molar-refractivity contribution in [3.8, 4) is 0 Å². The number of hydrogen-bond acceptors (Lipinski definition) is 4. The first kappa shape index (κ1) is 17.4. The molecule has 0 unspecified atom stereocenters. The van der Waals surface area contributed by atoms with Crippen LogP contribution in [0.2, 0.25) is 0 Å². The number of halogens is 2. The zero-order valence-corrected chi connectivity index (χ0v) is 14.9. The van der Waals surface area contributed by atoms with Crippen molar-refractivity contribution in [2.75, 3.05) is 13.1 Å². The first-order valence-corrected chi connectivity index (χ1v) is 9.38. The number of alkyl halides is 2. The monoisotopic (exact) mass is 363 g/mol. The minimum absolute atomic E-state index is 0.0404. The predicted octanol–water partition coefficient (Wildman–Crippen LogP) is 4.37. The summed E-state index contributed by atoms with van der Waals surface area (Å²) in [6.45, 7) is 2.93. The standard InChI is InChI=1S/C19H23F2N3O2/c1-11-16-14(17(20)21)9-15(22-18(16)26-23-11)13-7-4-8-24(10-13)19(25)12-5-2-3-6-12/h9,12-13,17H,2-8,10H2,1H3/t13-/m0/s1. The molecule has 1 saturated heterocycles. The fourth-order valence-electron chi connectivity index (χ4n) is 4.38. The average Bonchev–Trinajstić information content (AvgIpc) is 3.31. The SMILES string of the molecule is Cc1noc2nc([C@H]3CCCN(C(=O)C4CCCC4)C3)cc(C(F)F)c12. The lowest BCUT2D eigenvalue weighted by Gasteiger charge is -2.34. The maximum absolute atomic E-state index is 13.5. The molecule has 7 heteroatoms. The summed E-state index contributed by atoms with van der Waals surface area (Å²) in [5.41, 5.74) is 1.08. The van der Waals surface area contributed by atoms with E-state index in [-0.39, 0.29) is 29.0 Å². The number of fused-ring (bicyclic) bond motifs is 1. The summed E-state index contributed by atoms with van der Waals surface area (Å²) in [7, 11) is 0. The van der Waals surface area contributed by atoms with Crippen LogP contribution >= 0.6 is 0 Å². The Morgan fingerprint density at radius 2 is 2.04 bits per heavy atom. The Hall–Kier alpha value is -2.05. The number of amides is 1. The number of carbonyl (C=O) groups is 1. The molecule has 2 aromatic rings. The van der Waals surface area contributed by atoms with Gasteiger partial charge in [-0.3, -0.25) is 4.79 Å².